The van der Waals surface area contributed by atoms with Crippen molar-refractivity contribution in [2.24, 2.45) is 5.92 Å². The van der Waals surface area contributed by atoms with Crippen molar-refractivity contribution < 1.29 is 4.79 Å². The zero-order valence-electron chi connectivity index (χ0n) is 6.41. The van der Waals surface area contributed by atoms with Gasteiger partial charge in [-0.05, 0) is 6.26 Å². The lowest BCUT2D eigenvalue weighted by atomic mass is 10.0. The van der Waals surface area contributed by atoms with E-state index in [1.54, 1.807) is 4.90 Å². The number of carbonyl (C=O) groups is 1. The minimum atomic E-state index is 0.0841. The Bertz CT molecular complexity index is 193. The molecule has 0 N–H and O–H groups in total. The van der Waals surface area contributed by atoms with Crippen LogP contribution in [0.25, 0.3) is 0 Å². The summed E-state index contributed by atoms with van der Waals surface area (Å²) in [5, 5.41) is 8.42. The fourth-order valence-electron chi connectivity index (χ4n) is 0.979. The second kappa shape index (κ2) is 3.63. The smallest absolute Gasteiger partial charge is 0.232 e. The minimum absolute atomic E-state index is 0.0841. The Hall–Kier alpha value is -0.690. The van der Waals surface area contributed by atoms with E-state index in [-0.39, 0.29) is 11.8 Å². The van der Waals surface area contributed by atoms with Crippen molar-refractivity contribution in [3.63, 3.8) is 0 Å². The van der Waals surface area contributed by atoms with E-state index < -0.39 is 0 Å². The van der Waals surface area contributed by atoms with E-state index >= 15 is 0 Å². The first-order chi connectivity index (χ1) is 5.27. The van der Waals surface area contributed by atoms with Crippen LogP contribution < -0.4 is 0 Å². The zero-order chi connectivity index (χ0) is 8.27. The van der Waals surface area contributed by atoms with Crippen LogP contribution in [0.1, 0.15) is 0 Å². The molecule has 4 heteroatoms. The van der Waals surface area contributed by atoms with E-state index in [1.165, 1.54) is 11.8 Å². The molecule has 0 aromatic carbocycles. The van der Waals surface area contributed by atoms with Crippen LogP contribution in [0.2, 0.25) is 0 Å². The van der Waals surface area contributed by atoms with E-state index in [1.807, 2.05) is 6.26 Å². The number of thioether (sulfide) groups is 1. The van der Waals surface area contributed by atoms with Crippen molar-refractivity contribution in [2.45, 2.75) is 0 Å². The Morgan fingerprint density at radius 2 is 2.45 bits per heavy atom. The van der Waals surface area contributed by atoms with Gasteiger partial charge in [0.2, 0.25) is 5.91 Å². The average molecular weight is 170 g/mol. The highest BCUT2D eigenvalue weighted by atomic mass is 32.2. The third-order valence-corrected chi connectivity index (χ3v) is 2.22. The molecule has 0 atom stereocenters. The number of carbonyl (C=O) groups excluding carboxylic acids is 1. The Balaban J connectivity index is 2.22. The molecule has 1 saturated heterocycles. The maximum atomic E-state index is 11.1. The summed E-state index contributed by atoms with van der Waals surface area (Å²) in [6.45, 7) is 1.27. The van der Waals surface area contributed by atoms with Gasteiger partial charge in [-0.2, -0.15) is 17.0 Å². The largest absolute Gasteiger partial charge is 0.339 e. The molecule has 60 valence electrons. The molecule has 0 saturated carbocycles. The number of nitrogens with zero attached hydrogens (tertiary/aromatic N) is 2. The van der Waals surface area contributed by atoms with Crippen molar-refractivity contribution in [3.05, 3.63) is 0 Å². The third kappa shape index (κ3) is 1.87. The molecule has 0 radical (unpaired) electrons. The summed E-state index contributed by atoms with van der Waals surface area (Å²) in [7, 11) is 0. The molecule has 3 nitrogen and oxygen atoms in total. The van der Waals surface area contributed by atoms with Gasteiger partial charge < -0.3 is 4.90 Å². The molecule has 1 amide bonds. The maximum absolute atomic E-state index is 11.1. The van der Waals surface area contributed by atoms with Gasteiger partial charge in [0.25, 0.3) is 0 Å². The first kappa shape index (κ1) is 8.41. The fraction of sp³-hybridized carbons (Fsp3) is 0.714. The summed E-state index contributed by atoms with van der Waals surface area (Å²) >= 11 is 1.52. The van der Waals surface area contributed by atoms with Crippen LogP contribution in [0.5, 0.6) is 0 Å². The van der Waals surface area contributed by atoms with Gasteiger partial charge in [0.15, 0.2) is 0 Å². The van der Waals surface area contributed by atoms with Crippen molar-refractivity contribution in [1.82, 2.24) is 4.90 Å². The second-order valence-electron chi connectivity index (χ2n) is 2.56. The molecule has 1 aliphatic rings. The zero-order valence-corrected chi connectivity index (χ0v) is 7.23. The van der Waals surface area contributed by atoms with Gasteiger partial charge in [-0.25, -0.2) is 0 Å². The normalized spacial score (nSPS) is 17.3. The number of amides is 1. The summed E-state index contributed by atoms with van der Waals surface area (Å²) < 4.78 is 0. The quantitative estimate of drug-likeness (QED) is 0.600. The molecule has 0 aromatic heterocycles. The molecule has 0 bridgehead atoms. The monoisotopic (exact) mass is 170 g/mol. The highest BCUT2D eigenvalue weighted by molar-refractivity contribution is 7.99. The lowest BCUT2D eigenvalue weighted by molar-refractivity contribution is -0.133. The Morgan fingerprint density at radius 3 is 2.91 bits per heavy atom. The summed E-state index contributed by atoms with van der Waals surface area (Å²) in [6.07, 6.45) is 1.90. The van der Waals surface area contributed by atoms with Crippen molar-refractivity contribution >= 4 is 17.7 Å². The first-order valence-electron chi connectivity index (χ1n) is 3.44. The van der Waals surface area contributed by atoms with Crippen LogP contribution >= 0.6 is 11.8 Å². The summed E-state index contributed by atoms with van der Waals surface area (Å²) in [5.41, 5.74) is 0. The summed E-state index contributed by atoms with van der Waals surface area (Å²) in [5.74, 6) is 0.780. The standard InChI is InChI=1S/C7H10N2OS/c1-11-5-7(10)9-3-6(2-8)4-9/h6H,3-5H2,1H3. The van der Waals surface area contributed by atoms with Gasteiger partial charge in [0, 0.05) is 13.1 Å². The number of nitriles is 1. The number of hydrogen-bond acceptors (Lipinski definition) is 3. The van der Waals surface area contributed by atoms with E-state index in [9.17, 15) is 4.79 Å². The van der Waals surface area contributed by atoms with Crippen LogP contribution in [0.15, 0.2) is 0 Å². The second-order valence-corrected chi connectivity index (χ2v) is 3.42. The third-order valence-electron chi connectivity index (χ3n) is 1.68. The van der Waals surface area contributed by atoms with Crippen molar-refractivity contribution in [1.29, 1.82) is 5.26 Å². The predicted octanol–water partition coefficient (Wildman–Crippen LogP) is 0.331. The molecule has 0 aliphatic carbocycles. The molecule has 11 heavy (non-hydrogen) atoms. The van der Waals surface area contributed by atoms with E-state index in [4.69, 9.17) is 5.26 Å². The Kier molecular flexibility index (Phi) is 2.77. The van der Waals surface area contributed by atoms with E-state index in [0.29, 0.717) is 18.8 Å². The summed E-state index contributed by atoms with van der Waals surface area (Å²) in [6, 6.07) is 2.13. The first-order valence-corrected chi connectivity index (χ1v) is 4.83. The van der Waals surface area contributed by atoms with Gasteiger partial charge in [0.1, 0.15) is 0 Å². The van der Waals surface area contributed by atoms with Gasteiger partial charge in [-0.1, -0.05) is 0 Å². The molecule has 1 aliphatic heterocycles. The predicted molar refractivity (Wildman–Crippen MR) is 44.1 cm³/mol. The minimum Gasteiger partial charge on any atom is -0.339 e. The molecular weight excluding hydrogens is 160 g/mol. The van der Waals surface area contributed by atoms with Crippen molar-refractivity contribution in [2.75, 3.05) is 25.1 Å². The summed E-state index contributed by atoms with van der Waals surface area (Å²) in [4.78, 5) is 12.8. The van der Waals surface area contributed by atoms with Crippen LogP contribution in [0.3, 0.4) is 0 Å². The number of rotatable bonds is 2. The molecule has 1 rings (SSSR count). The highest BCUT2D eigenvalue weighted by Crippen LogP contribution is 2.14. The van der Waals surface area contributed by atoms with Gasteiger partial charge in [-0.3, -0.25) is 4.79 Å². The SMILES string of the molecule is CSCC(=O)N1CC(C#N)C1. The van der Waals surface area contributed by atoms with Gasteiger partial charge in [-0.15, -0.1) is 0 Å². The van der Waals surface area contributed by atoms with Gasteiger partial charge >= 0.3 is 0 Å². The maximum Gasteiger partial charge on any atom is 0.232 e. The molecule has 1 heterocycles. The number of likely N-dealkylation sites (tertiary alicyclic amines) is 1. The highest BCUT2D eigenvalue weighted by Gasteiger charge is 2.29. The van der Waals surface area contributed by atoms with Crippen LogP contribution in [-0.2, 0) is 4.79 Å². The molecular formula is C7H10N2OS. The van der Waals surface area contributed by atoms with Gasteiger partial charge in [0.05, 0.1) is 17.7 Å². The van der Waals surface area contributed by atoms with Crippen LogP contribution in [0, 0.1) is 17.2 Å². The lowest BCUT2D eigenvalue weighted by Gasteiger charge is -2.35. The molecule has 0 aromatic rings. The van der Waals surface area contributed by atoms with Crippen LogP contribution in [-0.4, -0.2) is 35.9 Å². The number of hydrogen-bond donors (Lipinski definition) is 0. The Morgan fingerprint density at radius 1 is 1.82 bits per heavy atom. The van der Waals surface area contributed by atoms with Crippen molar-refractivity contribution in [3.8, 4) is 6.07 Å². The lowest BCUT2D eigenvalue weighted by Crippen LogP contribution is -2.50. The molecule has 0 unspecified atom stereocenters. The van der Waals surface area contributed by atoms with Crippen LogP contribution in [0.4, 0.5) is 0 Å². The topological polar surface area (TPSA) is 44.1 Å². The fourth-order valence-corrected chi connectivity index (χ4v) is 1.41. The Labute approximate surface area is 70.4 Å². The molecule has 0 spiro atoms. The van der Waals surface area contributed by atoms with E-state index in [2.05, 4.69) is 6.07 Å². The van der Waals surface area contributed by atoms with E-state index in [0.717, 1.165) is 0 Å². The molecule has 1 fully saturated rings. The average Bonchev–Trinajstić information content (AvgIpc) is 1.86.